The molecule has 0 spiro atoms. The summed E-state index contributed by atoms with van der Waals surface area (Å²) in [6.07, 6.45) is 5.73. The number of hydrogen-bond acceptors (Lipinski definition) is 6. The van der Waals surface area contributed by atoms with Crippen LogP contribution < -0.4 is 0 Å². The maximum absolute atomic E-state index is 12.8. The van der Waals surface area contributed by atoms with E-state index in [1.165, 1.54) is 12.1 Å². The summed E-state index contributed by atoms with van der Waals surface area (Å²) < 4.78 is 45.2. The lowest BCUT2D eigenvalue weighted by molar-refractivity contribution is -0.328. The van der Waals surface area contributed by atoms with E-state index in [-0.39, 0.29) is 4.90 Å². The van der Waals surface area contributed by atoms with Crippen LogP contribution >= 0.6 is 23.2 Å². The number of aromatic nitrogens is 2. The smallest absolute Gasteiger partial charge is 0.299 e. The van der Waals surface area contributed by atoms with Gasteiger partial charge in [-0.1, -0.05) is 47.0 Å². The van der Waals surface area contributed by atoms with Crippen LogP contribution in [0, 0.1) is 6.92 Å². The number of aryl methyl sites for hydroxylation is 1. The molecule has 1 aromatic heterocycles. The van der Waals surface area contributed by atoms with E-state index < -0.39 is 28.4 Å². The minimum absolute atomic E-state index is 0.0866. The molecule has 1 aliphatic rings. The van der Waals surface area contributed by atoms with Gasteiger partial charge in [0.1, 0.15) is 6.23 Å². The molecule has 0 saturated carbocycles. The third-order valence-electron chi connectivity index (χ3n) is 5.65. The Hall–Kier alpha value is -1.94. The van der Waals surface area contributed by atoms with Gasteiger partial charge in [0, 0.05) is 35.3 Å². The largest absolute Gasteiger partial charge is 0.326 e. The molecule has 0 radical (unpaired) electrons. The summed E-state index contributed by atoms with van der Waals surface area (Å²) in [7, 11) is -3.98. The molecule has 1 saturated heterocycles. The molecule has 3 atom stereocenters. The molecule has 7 nitrogen and oxygen atoms in total. The first-order valence-corrected chi connectivity index (χ1v) is 13.1. The fraction of sp³-hybridized carbons (Fsp3) is 0.375. The predicted molar refractivity (Wildman–Crippen MR) is 129 cm³/mol. The predicted octanol–water partition coefficient (Wildman–Crippen LogP) is 5.90. The molecule has 0 aliphatic carbocycles. The van der Waals surface area contributed by atoms with Crippen LogP contribution in [-0.4, -0.2) is 30.0 Å². The second kappa shape index (κ2) is 10.4. The number of halogens is 2. The zero-order valence-electron chi connectivity index (χ0n) is 18.9. The average Bonchev–Trinajstić information content (AvgIpc) is 3.30. The Labute approximate surface area is 209 Å². The molecule has 1 fully saturated rings. The van der Waals surface area contributed by atoms with Crippen LogP contribution in [0.15, 0.2) is 66.1 Å². The lowest BCUT2D eigenvalue weighted by Gasteiger charge is -2.40. The molecule has 0 bridgehead atoms. The highest BCUT2D eigenvalue weighted by Crippen LogP contribution is 2.36. The van der Waals surface area contributed by atoms with E-state index >= 15 is 0 Å². The SMILES string of the molecule is Cc1ccc(S(=O)(=O)OC2CCCC(C)(OC(Cc3ccc(Cl)cc3Cl)n3ccnc3)O2)cc1. The lowest BCUT2D eigenvalue weighted by atomic mass is 10.1. The first-order valence-electron chi connectivity index (χ1n) is 10.9. The van der Waals surface area contributed by atoms with E-state index in [1.54, 1.807) is 49.9 Å². The number of rotatable bonds is 8. The van der Waals surface area contributed by atoms with Gasteiger partial charge in [-0.15, -0.1) is 0 Å². The Bertz CT molecular complexity index is 1220. The first kappa shape index (κ1) is 25.2. The highest BCUT2D eigenvalue weighted by molar-refractivity contribution is 7.86. The summed E-state index contributed by atoms with van der Waals surface area (Å²) in [6, 6.07) is 11.8. The summed E-state index contributed by atoms with van der Waals surface area (Å²) in [6.45, 7) is 3.67. The number of ether oxygens (including phenoxy) is 2. The molecule has 0 N–H and O–H groups in total. The minimum Gasteiger partial charge on any atom is -0.326 e. The molecular weight excluding hydrogens is 499 g/mol. The molecule has 0 amide bonds. The van der Waals surface area contributed by atoms with E-state index in [4.69, 9.17) is 36.9 Å². The van der Waals surface area contributed by atoms with E-state index in [9.17, 15) is 8.42 Å². The van der Waals surface area contributed by atoms with E-state index in [0.717, 1.165) is 11.1 Å². The zero-order chi connectivity index (χ0) is 24.3. The van der Waals surface area contributed by atoms with Gasteiger partial charge in [0.2, 0.25) is 0 Å². The van der Waals surface area contributed by atoms with Crippen molar-refractivity contribution in [2.24, 2.45) is 0 Å². The topological polar surface area (TPSA) is 79.7 Å². The maximum Gasteiger partial charge on any atom is 0.299 e. The number of imidazole rings is 1. The van der Waals surface area contributed by atoms with Crippen molar-refractivity contribution < 1.29 is 22.1 Å². The van der Waals surface area contributed by atoms with E-state index in [2.05, 4.69) is 4.98 Å². The molecular formula is C24H26Cl2N2O5S. The van der Waals surface area contributed by atoms with Gasteiger partial charge >= 0.3 is 0 Å². The van der Waals surface area contributed by atoms with Crippen molar-refractivity contribution in [3.8, 4) is 0 Å². The summed E-state index contributed by atoms with van der Waals surface area (Å²) in [5, 5.41) is 1.08. The average molecular weight is 525 g/mol. The van der Waals surface area contributed by atoms with Crippen molar-refractivity contribution in [1.82, 2.24) is 9.55 Å². The fourth-order valence-corrected chi connectivity index (χ4v) is 5.34. The lowest BCUT2D eigenvalue weighted by Crippen LogP contribution is -2.44. The van der Waals surface area contributed by atoms with Gasteiger partial charge in [-0.3, -0.25) is 0 Å². The van der Waals surface area contributed by atoms with Gasteiger partial charge in [-0.2, -0.15) is 8.42 Å². The van der Waals surface area contributed by atoms with Crippen molar-refractivity contribution >= 4 is 33.3 Å². The highest BCUT2D eigenvalue weighted by atomic mass is 35.5. The van der Waals surface area contributed by atoms with Gasteiger partial charge in [-0.05, 0) is 56.5 Å². The van der Waals surface area contributed by atoms with Crippen molar-refractivity contribution in [1.29, 1.82) is 0 Å². The van der Waals surface area contributed by atoms with Crippen LogP contribution in [0.4, 0.5) is 0 Å². The standard InChI is InChI=1S/C24H26Cl2N2O5S/c1-17-5-9-20(10-6-17)34(29,30)33-23-4-3-11-24(2,32-23)31-22(28-13-12-27-16-28)14-18-7-8-19(25)15-21(18)26/h5-10,12-13,15-16,22-23H,3-4,11,14H2,1-2H3. The maximum atomic E-state index is 12.8. The van der Waals surface area contributed by atoms with Crippen LogP contribution in [0.1, 0.15) is 43.5 Å². The van der Waals surface area contributed by atoms with Crippen LogP contribution in [0.2, 0.25) is 10.0 Å². The number of nitrogens with zero attached hydrogens (tertiary/aromatic N) is 2. The van der Waals surface area contributed by atoms with E-state index in [0.29, 0.717) is 35.7 Å². The van der Waals surface area contributed by atoms with Crippen LogP contribution in [0.25, 0.3) is 0 Å². The van der Waals surface area contributed by atoms with Crippen molar-refractivity contribution in [2.75, 3.05) is 0 Å². The quantitative estimate of drug-likeness (QED) is 0.341. The monoisotopic (exact) mass is 524 g/mol. The summed E-state index contributed by atoms with van der Waals surface area (Å²) in [5.74, 6) is -1.08. The Kier molecular flexibility index (Phi) is 7.66. The Balaban J connectivity index is 1.50. The fourth-order valence-electron chi connectivity index (χ4n) is 3.85. The molecule has 3 unspecified atom stereocenters. The third kappa shape index (κ3) is 6.19. The molecule has 2 heterocycles. The van der Waals surface area contributed by atoms with Gasteiger partial charge in [0.25, 0.3) is 10.1 Å². The van der Waals surface area contributed by atoms with Crippen LogP contribution in [-0.2, 0) is 30.2 Å². The molecule has 182 valence electrons. The Morgan fingerprint density at radius 1 is 1.24 bits per heavy atom. The number of benzene rings is 2. The van der Waals surface area contributed by atoms with E-state index in [1.807, 2.05) is 17.6 Å². The van der Waals surface area contributed by atoms with Gasteiger partial charge in [-0.25, -0.2) is 9.17 Å². The second-order valence-corrected chi connectivity index (χ2v) is 10.9. The molecule has 1 aliphatic heterocycles. The summed E-state index contributed by atoms with van der Waals surface area (Å²) >= 11 is 12.4. The molecule has 10 heteroatoms. The third-order valence-corrected chi connectivity index (χ3v) is 7.55. The van der Waals surface area contributed by atoms with Gasteiger partial charge in [0.05, 0.1) is 11.2 Å². The summed E-state index contributed by atoms with van der Waals surface area (Å²) in [4.78, 5) is 4.21. The normalized spacial score (nSPS) is 21.9. The number of hydrogen-bond donors (Lipinski definition) is 0. The minimum atomic E-state index is -3.98. The van der Waals surface area contributed by atoms with Gasteiger partial charge < -0.3 is 14.0 Å². The second-order valence-electron chi connectivity index (χ2n) is 8.46. The highest BCUT2D eigenvalue weighted by Gasteiger charge is 2.39. The Morgan fingerprint density at radius 3 is 2.68 bits per heavy atom. The molecule has 3 aromatic rings. The van der Waals surface area contributed by atoms with Crippen LogP contribution in [0.3, 0.4) is 0 Å². The van der Waals surface area contributed by atoms with Crippen molar-refractivity contribution in [3.05, 3.63) is 82.4 Å². The Morgan fingerprint density at radius 2 is 2.00 bits per heavy atom. The molecule has 34 heavy (non-hydrogen) atoms. The van der Waals surface area contributed by atoms with Crippen LogP contribution in [0.5, 0.6) is 0 Å². The zero-order valence-corrected chi connectivity index (χ0v) is 21.2. The first-order chi connectivity index (χ1) is 16.1. The van der Waals surface area contributed by atoms with Crippen molar-refractivity contribution in [3.63, 3.8) is 0 Å². The molecule has 2 aromatic carbocycles. The summed E-state index contributed by atoms with van der Waals surface area (Å²) in [5.41, 5.74) is 1.80. The van der Waals surface area contributed by atoms with Crippen molar-refractivity contribution in [2.45, 2.75) is 62.7 Å². The molecule has 4 rings (SSSR count). The van der Waals surface area contributed by atoms with Gasteiger partial charge in [0.15, 0.2) is 12.1 Å².